The molecule has 3 N–H and O–H groups in total. The van der Waals surface area contributed by atoms with Crippen LogP contribution >= 0.6 is 11.6 Å². The van der Waals surface area contributed by atoms with Crippen molar-refractivity contribution in [1.29, 1.82) is 0 Å². The number of hydrogen-bond acceptors (Lipinski definition) is 3. The minimum atomic E-state index is -1.06. The predicted octanol–water partition coefficient (Wildman–Crippen LogP) is 2.37. The van der Waals surface area contributed by atoms with Crippen LogP contribution in [0.15, 0.2) is 18.2 Å². The molecule has 0 saturated heterocycles. The van der Waals surface area contributed by atoms with E-state index in [0.29, 0.717) is 10.7 Å². The number of hydrogen-bond donors (Lipinski definition) is 3. The summed E-state index contributed by atoms with van der Waals surface area (Å²) in [7, 11) is 0. The summed E-state index contributed by atoms with van der Waals surface area (Å²) in [4.78, 5) is 22.6. The van der Waals surface area contributed by atoms with Crippen LogP contribution in [0.5, 0.6) is 0 Å². The van der Waals surface area contributed by atoms with Crippen LogP contribution in [0.25, 0.3) is 0 Å². The first-order valence-corrected chi connectivity index (χ1v) is 6.97. The largest absolute Gasteiger partial charge is 0.478 e. The van der Waals surface area contributed by atoms with Crippen LogP contribution in [0.3, 0.4) is 0 Å². The van der Waals surface area contributed by atoms with Gasteiger partial charge in [-0.15, -0.1) is 0 Å². The molecule has 2 rings (SSSR count). The van der Waals surface area contributed by atoms with Crippen molar-refractivity contribution < 1.29 is 14.7 Å². The minimum Gasteiger partial charge on any atom is -0.478 e. The summed E-state index contributed by atoms with van der Waals surface area (Å²) < 4.78 is 0. The first-order valence-electron chi connectivity index (χ1n) is 6.59. The van der Waals surface area contributed by atoms with Gasteiger partial charge in [0.15, 0.2) is 0 Å². The number of anilines is 1. The first-order chi connectivity index (χ1) is 9.56. The molecule has 0 bridgehead atoms. The maximum Gasteiger partial charge on any atom is 0.335 e. The van der Waals surface area contributed by atoms with E-state index in [1.54, 1.807) is 0 Å². The summed E-state index contributed by atoms with van der Waals surface area (Å²) in [5.41, 5.74) is 0.409. The number of nitrogens with one attached hydrogen (secondary N) is 2. The summed E-state index contributed by atoms with van der Waals surface area (Å²) in [6, 6.07) is 4.21. The monoisotopic (exact) mass is 296 g/mol. The third-order valence-electron chi connectivity index (χ3n) is 3.20. The highest BCUT2D eigenvalue weighted by Gasteiger charge is 2.20. The van der Waals surface area contributed by atoms with Crippen LogP contribution in [-0.2, 0) is 4.79 Å². The van der Waals surface area contributed by atoms with E-state index >= 15 is 0 Å². The Morgan fingerprint density at radius 2 is 2.10 bits per heavy atom. The summed E-state index contributed by atoms with van der Waals surface area (Å²) in [6.45, 7) is 1.02. The van der Waals surface area contributed by atoms with Crippen LogP contribution < -0.4 is 10.6 Å². The fourth-order valence-corrected chi connectivity index (χ4v) is 2.03. The van der Waals surface area contributed by atoms with Crippen molar-refractivity contribution in [1.82, 2.24) is 5.32 Å². The second kappa shape index (κ2) is 6.72. The van der Waals surface area contributed by atoms with E-state index in [9.17, 15) is 9.59 Å². The number of aromatic carboxylic acids is 1. The van der Waals surface area contributed by atoms with E-state index in [-0.39, 0.29) is 18.0 Å². The molecule has 1 aromatic rings. The molecule has 20 heavy (non-hydrogen) atoms. The Hall–Kier alpha value is -1.59. The van der Waals surface area contributed by atoms with Gasteiger partial charge in [0.05, 0.1) is 22.8 Å². The number of amides is 1. The number of carboxylic acid groups (broad SMARTS) is 1. The van der Waals surface area contributed by atoms with Crippen molar-refractivity contribution in [2.45, 2.75) is 19.3 Å². The fourth-order valence-electron chi connectivity index (χ4n) is 1.86. The van der Waals surface area contributed by atoms with E-state index in [1.807, 2.05) is 0 Å². The van der Waals surface area contributed by atoms with Gasteiger partial charge in [-0.05, 0) is 37.1 Å². The zero-order chi connectivity index (χ0) is 14.5. The summed E-state index contributed by atoms with van der Waals surface area (Å²) >= 11 is 5.93. The average molecular weight is 297 g/mol. The van der Waals surface area contributed by atoms with Crippen LogP contribution in [0.1, 0.15) is 29.6 Å². The van der Waals surface area contributed by atoms with Crippen molar-refractivity contribution in [2.24, 2.45) is 5.92 Å². The quantitative estimate of drug-likeness (QED) is 0.675. The number of carboxylic acids is 1. The van der Waals surface area contributed by atoms with Crippen molar-refractivity contribution in [2.75, 3.05) is 18.4 Å². The van der Waals surface area contributed by atoms with Crippen molar-refractivity contribution in [3.63, 3.8) is 0 Å². The molecular weight excluding hydrogens is 280 g/mol. The van der Waals surface area contributed by atoms with Gasteiger partial charge in [0, 0.05) is 0 Å². The molecule has 1 amide bonds. The molecule has 1 aliphatic carbocycles. The van der Waals surface area contributed by atoms with Gasteiger partial charge in [0.1, 0.15) is 0 Å². The molecule has 1 saturated carbocycles. The summed E-state index contributed by atoms with van der Waals surface area (Å²) in [5, 5.41) is 14.9. The fraction of sp³-hybridized carbons (Fsp3) is 0.429. The lowest BCUT2D eigenvalue weighted by molar-refractivity contribution is -0.115. The van der Waals surface area contributed by atoms with Crippen molar-refractivity contribution in [3.8, 4) is 0 Å². The smallest absolute Gasteiger partial charge is 0.335 e. The van der Waals surface area contributed by atoms with E-state index in [4.69, 9.17) is 16.7 Å². The third kappa shape index (κ3) is 4.51. The third-order valence-corrected chi connectivity index (χ3v) is 3.53. The number of benzene rings is 1. The molecule has 0 unspecified atom stereocenters. The molecule has 5 nitrogen and oxygen atoms in total. The second-order valence-corrected chi connectivity index (χ2v) is 5.36. The second-order valence-electron chi connectivity index (χ2n) is 4.96. The van der Waals surface area contributed by atoms with Gasteiger partial charge >= 0.3 is 5.97 Å². The highest BCUT2D eigenvalue weighted by Crippen LogP contribution is 2.31. The maximum atomic E-state index is 11.7. The van der Waals surface area contributed by atoms with Gasteiger partial charge in [0.2, 0.25) is 5.91 Å². The van der Waals surface area contributed by atoms with Crippen molar-refractivity contribution in [3.05, 3.63) is 28.8 Å². The molecule has 0 atom stereocenters. The standard InChI is InChI=1S/C14H17ClN2O3/c15-11-4-3-10(14(19)20)7-12(11)17-13(18)8-16-6-5-9-1-2-9/h3-4,7,9,16H,1-2,5-6,8H2,(H,17,18)(H,19,20). The van der Waals surface area contributed by atoms with Gasteiger partial charge in [-0.3, -0.25) is 4.79 Å². The molecule has 0 heterocycles. The zero-order valence-electron chi connectivity index (χ0n) is 11.0. The average Bonchev–Trinajstić information content (AvgIpc) is 3.21. The molecular formula is C14H17ClN2O3. The zero-order valence-corrected chi connectivity index (χ0v) is 11.7. The number of rotatable bonds is 7. The Balaban J connectivity index is 1.82. The SMILES string of the molecule is O=C(CNCCC1CC1)Nc1cc(C(=O)O)ccc1Cl. The van der Waals surface area contributed by atoms with Crippen LogP contribution in [0, 0.1) is 5.92 Å². The molecule has 0 aromatic heterocycles. The number of carbonyl (C=O) groups excluding carboxylic acids is 1. The van der Waals surface area contributed by atoms with Crippen LogP contribution in [0.4, 0.5) is 5.69 Å². The summed E-state index contributed by atoms with van der Waals surface area (Å²) in [6.07, 6.45) is 3.69. The van der Waals surface area contributed by atoms with Crippen LogP contribution in [0.2, 0.25) is 5.02 Å². The molecule has 0 aliphatic heterocycles. The number of carbonyl (C=O) groups is 2. The van der Waals surface area contributed by atoms with E-state index in [0.717, 1.165) is 18.9 Å². The minimum absolute atomic E-state index is 0.0893. The summed E-state index contributed by atoms with van der Waals surface area (Å²) in [5.74, 6) is -0.461. The lowest BCUT2D eigenvalue weighted by atomic mass is 10.2. The molecule has 1 fully saturated rings. The van der Waals surface area contributed by atoms with E-state index < -0.39 is 5.97 Å². The molecule has 1 aromatic carbocycles. The van der Waals surface area contributed by atoms with Gasteiger partial charge in [0.25, 0.3) is 0 Å². The molecule has 1 aliphatic rings. The van der Waals surface area contributed by atoms with Crippen molar-refractivity contribution >= 4 is 29.2 Å². The van der Waals surface area contributed by atoms with E-state index in [2.05, 4.69) is 10.6 Å². The Kier molecular flexibility index (Phi) is 4.98. The molecule has 6 heteroatoms. The highest BCUT2D eigenvalue weighted by molar-refractivity contribution is 6.33. The van der Waals surface area contributed by atoms with Gasteiger partial charge in [-0.2, -0.15) is 0 Å². The van der Waals surface area contributed by atoms with E-state index in [1.165, 1.54) is 31.0 Å². The Labute approximate surface area is 122 Å². The number of halogens is 1. The lowest BCUT2D eigenvalue weighted by Crippen LogP contribution is -2.29. The topological polar surface area (TPSA) is 78.4 Å². The molecule has 0 spiro atoms. The Morgan fingerprint density at radius 1 is 1.35 bits per heavy atom. The molecule has 0 radical (unpaired) electrons. The Morgan fingerprint density at radius 3 is 2.75 bits per heavy atom. The van der Waals surface area contributed by atoms with Crippen LogP contribution in [-0.4, -0.2) is 30.1 Å². The highest BCUT2D eigenvalue weighted by atomic mass is 35.5. The predicted molar refractivity (Wildman–Crippen MR) is 77.3 cm³/mol. The van der Waals surface area contributed by atoms with Gasteiger partial charge in [-0.1, -0.05) is 24.4 Å². The lowest BCUT2D eigenvalue weighted by Gasteiger charge is -2.09. The Bertz CT molecular complexity index is 515. The van der Waals surface area contributed by atoms with Gasteiger partial charge in [-0.25, -0.2) is 4.79 Å². The maximum absolute atomic E-state index is 11.7. The van der Waals surface area contributed by atoms with Gasteiger partial charge < -0.3 is 15.7 Å². The normalized spacial score (nSPS) is 14.1. The first kappa shape index (κ1) is 14.8. The molecule has 108 valence electrons.